The third kappa shape index (κ3) is 3.45. The van der Waals surface area contributed by atoms with Crippen molar-refractivity contribution in [3.05, 3.63) is 64.4 Å². The summed E-state index contributed by atoms with van der Waals surface area (Å²) in [5.41, 5.74) is 0.991. The molecule has 28 heavy (non-hydrogen) atoms. The predicted octanol–water partition coefficient (Wildman–Crippen LogP) is 2.83. The molecule has 0 radical (unpaired) electrons. The molecular weight excluding hydrogens is 385 g/mol. The average Bonchev–Trinajstić information content (AvgIpc) is 2.76. The van der Waals surface area contributed by atoms with E-state index < -0.39 is 17.8 Å². The van der Waals surface area contributed by atoms with Crippen LogP contribution >= 0.6 is 11.6 Å². The standard InChI is InChI=1S/C20H17ClFN3O3/c21-12-4-5-15-16(9-12)24-19(27)17-10-14(6-7-25(17)20(15)28)23-18(26)11-2-1-3-13(22)8-11/h1-5,8-9,14,17H,6-7,10H2,(H,23,26)(H,24,27). The lowest BCUT2D eigenvalue weighted by Crippen LogP contribution is -2.55. The van der Waals surface area contributed by atoms with Crippen LogP contribution in [0.15, 0.2) is 42.5 Å². The van der Waals surface area contributed by atoms with E-state index in [0.29, 0.717) is 29.2 Å². The van der Waals surface area contributed by atoms with E-state index in [4.69, 9.17) is 11.6 Å². The van der Waals surface area contributed by atoms with Crippen LogP contribution in [0.2, 0.25) is 5.02 Å². The molecule has 0 aliphatic carbocycles. The van der Waals surface area contributed by atoms with Crippen molar-refractivity contribution in [3.63, 3.8) is 0 Å². The highest BCUT2D eigenvalue weighted by Crippen LogP contribution is 2.30. The average molecular weight is 402 g/mol. The minimum atomic E-state index is -0.703. The van der Waals surface area contributed by atoms with Crippen LogP contribution in [0.1, 0.15) is 33.6 Å². The number of anilines is 1. The number of nitrogens with zero attached hydrogens (tertiary/aromatic N) is 1. The highest BCUT2D eigenvalue weighted by Gasteiger charge is 2.40. The summed E-state index contributed by atoms with van der Waals surface area (Å²) in [7, 11) is 0. The van der Waals surface area contributed by atoms with Gasteiger partial charge >= 0.3 is 0 Å². The number of rotatable bonds is 2. The van der Waals surface area contributed by atoms with Crippen LogP contribution in [-0.4, -0.2) is 41.2 Å². The molecule has 0 spiro atoms. The Kier molecular flexibility index (Phi) is 4.77. The van der Waals surface area contributed by atoms with Crippen molar-refractivity contribution in [3.8, 4) is 0 Å². The molecule has 3 amide bonds. The predicted molar refractivity (Wildman–Crippen MR) is 102 cm³/mol. The highest BCUT2D eigenvalue weighted by atomic mass is 35.5. The van der Waals surface area contributed by atoms with Crippen molar-refractivity contribution in [2.45, 2.75) is 24.9 Å². The molecule has 8 heteroatoms. The number of halogens is 2. The number of piperidine rings is 1. The minimum Gasteiger partial charge on any atom is -0.349 e. The first-order valence-corrected chi connectivity index (χ1v) is 9.28. The topological polar surface area (TPSA) is 78.5 Å². The Morgan fingerprint density at radius 2 is 2.04 bits per heavy atom. The Hall–Kier alpha value is -2.93. The molecule has 1 saturated heterocycles. The van der Waals surface area contributed by atoms with E-state index in [1.165, 1.54) is 23.1 Å². The van der Waals surface area contributed by atoms with Gasteiger partial charge in [0.25, 0.3) is 11.8 Å². The summed E-state index contributed by atoms with van der Waals surface area (Å²) >= 11 is 5.98. The zero-order chi connectivity index (χ0) is 19.8. The van der Waals surface area contributed by atoms with Crippen molar-refractivity contribution in [2.75, 3.05) is 11.9 Å². The molecule has 2 aromatic rings. The molecule has 0 bridgehead atoms. The summed E-state index contributed by atoms with van der Waals surface area (Å²) in [6.45, 7) is 0.326. The summed E-state index contributed by atoms with van der Waals surface area (Å²) in [5, 5.41) is 6.02. The first kappa shape index (κ1) is 18.4. The van der Waals surface area contributed by atoms with Gasteiger partial charge in [0, 0.05) is 23.2 Å². The zero-order valence-corrected chi connectivity index (χ0v) is 15.5. The van der Waals surface area contributed by atoms with Crippen molar-refractivity contribution in [2.24, 2.45) is 0 Å². The third-order valence-electron chi connectivity index (χ3n) is 5.06. The maximum atomic E-state index is 13.3. The Morgan fingerprint density at radius 1 is 1.21 bits per heavy atom. The lowest BCUT2D eigenvalue weighted by atomic mass is 9.95. The van der Waals surface area contributed by atoms with E-state index >= 15 is 0 Å². The Balaban J connectivity index is 1.52. The van der Waals surface area contributed by atoms with Gasteiger partial charge in [0.15, 0.2) is 0 Å². The molecule has 2 N–H and O–H groups in total. The summed E-state index contributed by atoms with van der Waals surface area (Å²) < 4.78 is 13.3. The number of benzene rings is 2. The van der Waals surface area contributed by atoms with Crippen LogP contribution < -0.4 is 10.6 Å². The molecule has 2 unspecified atom stereocenters. The van der Waals surface area contributed by atoms with Crippen molar-refractivity contribution in [1.82, 2.24) is 10.2 Å². The maximum absolute atomic E-state index is 13.3. The first-order valence-electron chi connectivity index (χ1n) is 8.90. The molecule has 2 aromatic carbocycles. The van der Waals surface area contributed by atoms with Crippen LogP contribution in [0.25, 0.3) is 0 Å². The molecular formula is C20H17ClFN3O3. The summed E-state index contributed by atoms with van der Waals surface area (Å²) in [6.07, 6.45) is 0.778. The Morgan fingerprint density at radius 3 is 2.82 bits per heavy atom. The largest absolute Gasteiger partial charge is 0.349 e. The summed E-state index contributed by atoms with van der Waals surface area (Å²) in [4.78, 5) is 39.5. The molecule has 2 atom stereocenters. The van der Waals surface area contributed by atoms with Crippen LogP contribution in [0.5, 0.6) is 0 Å². The maximum Gasteiger partial charge on any atom is 0.256 e. The molecule has 0 saturated carbocycles. The van der Waals surface area contributed by atoms with E-state index in [2.05, 4.69) is 10.6 Å². The van der Waals surface area contributed by atoms with Gasteiger partial charge in [-0.15, -0.1) is 0 Å². The number of hydrogen-bond donors (Lipinski definition) is 2. The minimum absolute atomic E-state index is 0.214. The molecule has 2 aliphatic rings. The fourth-order valence-corrected chi connectivity index (χ4v) is 3.84. The van der Waals surface area contributed by atoms with E-state index in [0.717, 1.165) is 6.07 Å². The fourth-order valence-electron chi connectivity index (χ4n) is 3.66. The molecule has 0 aromatic heterocycles. The molecule has 4 rings (SSSR count). The summed E-state index contributed by atoms with van der Waals surface area (Å²) in [6, 6.07) is 9.16. The SMILES string of the molecule is O=C(NC1CCN2C(=O)c3ccc(Cl)cc3NC(=O)C2C1)c1cccc(F)c1. The smallest absolute Gasteiger partial charge is 0.256 e. The number of carbonyl (C=O) groups excluding carboxylic acids is 3. The number of hydrogen-bond acceptors (Lipinski definition) is 3. The quantitative estimate of drug-likeness (QED) is 0.812. The lowest BCUT2D eigenvalue weighted by Gasteiger charge is -2.37. The van der Waals surface area contributed by atoms with Gasteiger partial charge < -0.3 is 15.5 Å². The van der Waals surface area contributed by atoms with E-state index in [-0.39, 0.29) is 29.8 Å². The summed E-state index contributed by atoms with van der Waals surface area (Å²) in [5.74, 6) is -1.47. The van der Waals surface area contributed by atoms with E-state index in [1.807, 2.05) is 0 Å². The van der Waals surface area contributed by atoms with Gasteiger partial charge in [-0.05, 0) is 49.2 Å². The number of nitrogens with one attached hydrogen (secondary N) is 2. The van der Waals surface area contributed by atoms with Crippen LogP contribution in [0, 0.1) is 5.82 Å². The van der Waals surface area contributed by atoms with Crippen LogP contribution in [-0.2, 0) is 4.79 Å². The first-order chi connectivity index (χ1) is 13.4. The van der Waals surface area contributed by atoms with Gasteiger partial charge in [0.05, 0.1) is 11.3 Å². The lowest BCUT2D eigenvalue weighted by molar-refractivity contribution is -0.121. The van der Waals surface area contributed by atoms with Crippen LogP contribution in [0.4, 0.5) is 10.1 Å². The van der Waals surface area contributed by atoms with Gasteiger partial charge in [-0.2, -0.15) is 0 Å². The van der Waals surface area contributed by atoms with Crippen molar-refractivity contribution < 1.29 is 18.8 Å². The third-order valence-corrected chi connectivity index (χ3v) is 5.29. The normalized spacial score (nSPS) is 21.3. The van der Waals surface area contributed by atoms with Gasteiger partial charge in [0.1, 0.15) is 11.9 Å². The molecule has 2 heterocycles. The molecule has 144 valence electrons. The Bertz CT molecular complexity index is 981. The second-order valence-electron chi connectivity index (χ2n) is 6.90. The van der Waals surface area contributed by atoms with Gasteiger partial charge in [-0.25, -0.2) is 4.39 Å². The van der Waals surface area contributed by atoms with Gasteiger partial charge in [0.2, 0.25) is 5.91 Å². The van der Waals surface area contributed by atoms with Gasteiger partial charge in [-0.1, -0.05) is 17.7 Å². The monoisotopic (exact) mass is 401 g/mol. The van der Waals surface area contributed by atoms with E-state index in [9.17, 15) is 18.8 Å². The molecule has 6 nitrogen and oxygen atoms in total. The fraction of sp³-hybridized carbons (Fsp3) is 0.250. The molecule has 1 fully saturated rings. The highest BCUT2D eigenvalue weighted by molar-refractivity contribution is 6.31. The number of carbonyl (C=O) groups is 3. The van der Waals surface area contributed by atoms with Crippen molar-refractivity contribution in [1.29, 1.82) is 0 Å². The van der Waals surface area contributed by atoms with Crippen LogP contribution in [0.3, 0.4) is 0 Å². The zero-order valence-electron chi connectivity index (χ0n) is 14.7. The van der Waals surface area contributed by atoms with Crippen molar-refractivity contribution >= 4 is 35.0 Å². The number of amides is 3. The van der Waals surface area contributed by atoms with Gasteiger partial charge in [-0.3, -0.25) is 14.4 Å². The Labute approximate surface area is 165 Å². The molecule has 2 aliphatic heterocycles. The second-order valence-corrected chi connectivity index (χ2v) is 7.34. The second kappa shape index (κ2) is 7.24. The number of fused-ring (bicyclic) bond motifs is 2. The van der Waals surface area contributed by atoms with E-state index in [1.54, 1.807) is 18.2 Å².